The third kappa shape index (κ3) is 4.22. The number of nitrogens with one attached hydrogen (secondary N) is 1. The van der Waals surface area contributed by atoms with E-state index in [-0.39, 0.29) is 5.91 Å². The predicted molar refractivity (Wildman–Crippen MR) is 87.9 cm³/mol. The second-order valence-corrected chi connectivity index (χ2v) is 6.21. The third-order valence-corrected chi connectivity index (χ3v) is 4.55. The van der Waals surface area contributed by atoms with E-state index in [0.717, 1.165) is 16.9 Å². The maximum absolute atomic E-state index is 12.1. The minimum atomic E-state index is -0.420. The molecule has 0 bridgehead atoms. The van der Waals surface area contributed by atoms with Gasteiger partial charge in [0.15, 0.2) is 0 Å². The van der Waals surface area contributed by atoms with Crippen LogP contribution in [0.25, 0.3) is 0 Å². The molecule has 0 aliphatic carbocycles. The number of hydrogen-bond donors (Lipinski definition) is 1. The SMILES string of the molecule is CCOC(=O)c1ccc(C(=O)NCc2ccc(Cl)c(Cl)c2)s1. The van der Waals surface area contributed by atoms with Crippen LogP contribution in [0.3, 0.4) is 0 Å². The maximum atomic E-state index is 12.1. The molecule has 0 radical (unpaired) electrons. The first-order valence-electron chi connectivity index (χ1n) is 6.50. The van der Waals surface area contributed by atoms with E-state index in [2.05, 4.69) is 5.32 Å². The standard InChI is InChI=1S/C15H13Cl2NO3S/c1-2-21-15(20)13-6-5-12(22-13)14(19)18-8-9-3-4-10(16)11(17)7-9/h3-7H,2,8H2,1H3,(H,18,19). The lowest BCUT2D eigenvalue weighted by Gasteiger charge is -2.05. The van der Waals surface area contributed by atoms with Crippen LogP contribution in [0.2, 0.25) is 10.0 Å². The van der Waals surface area contributed by atoms with E-state index in [9.17, 15) is 9.59 Å². The van der Waals surface area contributed by atoms with E-state index in [1.54, 1.807) is 37.3 Å². The second-order valence-electron chi connectivity index (χ2n) is 4.32. The molecule has 2 rings (SSSR count). The Labute approximate surface area is 142 Å². The summed E-state index contributed by atoms with van der Waals surface area (Å²) in [4.78, 5) is 24.5. The summed E-state index contributed by atoms with van der Waals surface area (Å²) in [5, 5.41) is 3.67. The highest BCUT2D eigenvalue weighted by Crippen LogP contribution is 2.23. The zero-order valence-corrected chi connectivity index (χ0v) is 14.0. The summed E-state index contributed by atoms with van der Waals surface area (Å²) < 4.78 is 4.89. The van der Waals surface area contributed by atoms with Gasteiger partial charge in [-0.3, -0.25) is 4.79 Å². The van der Waals surface area contributed by atoms with Gasteiger partial charge in [-0.25, -0.2) is 4.79 Å². The predicted octanol–water partition coefficient (Wildman–Crippen LogP) is 4.16. The fraction of sp³-hybridized carbons (Fsp3) is 0.200. The number of esters is 1. The van der Waals surface area contributed by atoms with Crippen LogP contribution in [-0.2, 0) is 11.3 Å². The molecule has 0 unspecified atom stereocenters. The molecule has 1 aromatic heterocycles. The number of rotatable bonds is 5. The summed E-state index contributed by atoms with van der Waals surface area (Å²) in [5.41, 5.74) is 0.838. The Kier molecular flexibility index (Phi) is 5.83. The highest BCUT2D eigenvalue weighted by atomic mass is 35.5. The monoisotopic (exact) mass is 357 g/mol. The van der Waals surface area contributed by atoms with Gasteiger partial charge in [0.25, 0.3) is 5.91 Å². The molecule has 1 heterocycles. The van der Waals surface area contributed by atoms with Crippen molar-refractivity contribution in [3.05, 3.63) is 55.7 Å². The van der Waals surface area contributed by atoms with Crippen LogP contribution >= 0.6 is 34.5 Å². The minimum Gasteiger partial charge on any atom is -0.462 e. The van der Waals surface area contributed by atoms with Crippen molar-refractivity contribution in [1.82, 2.24) is 5.32 Å². The van der Waals surface area contributed by atoms with E-state index in [4.69, 9.17) is 27.9 Å². The highest BCUT2D eigenvalue weighted by molar-refractivity contribution is 7.15. The molecule has 0 aliphatic heterocycles. The van der Waals surface area contributed by atoms with Gasteiger partial charge in [0, 0.05) is 6.54 Å². The number of thiophene rings is 1. The molecule has 0 atom stereocenters. The molecular weight excluding hydrogens is 345 g/mol. The highest BCUT2D eigenvalue weighted by Gasteiger charge is 2.14. The first-order valence-corrected chi connectivity index (χ1v) is 8.07. The van der Waals surface area contributed by atoms with E-state index >= 15 is 0 Å². The Balaban J connectivity index is 1.97. The van der Waals surface area contributed by atoms with Crippen LogP contribution in [0, 0.1) is 0 Å². The fourth-order valence-corrected chi connectivity index (χ4v) is 2.83. The van der Waals surface area contributed by atoms with E-state index in [1.807, 2.05) is 0 Å². The molecular formula is C15H13Cl2NO3S. The van der Waals surface area contributed by atoms with Crippen molar-refractivity contribution in [2.45, 2.75) is 13.5 Å². The summed E-state index contributed by atoms with van der Waals surface area (Å²) in [7, 11) is 0. The molecule has 0 saturated heterocycles. The lowest BCUT2D eigenvalue weighted by Crippen LogP contribution is -2.21. The van der Waals surface area contributed by atoms with Gasteiger partial charge in [-0.1, -0.05) is 29.3 Å². The quantitative estimate of drug-likeness (QED) is 0.817. The Hall–Kier alpha value is -1.56. The van der Waals surface area contributed by atoms with Gasteiger partial charge in [0.2, 0.25) is 0 Å². The normalized spacial score (nSPS) is 10.3. The Morgan fingerprint density at radius 1 is 1.14 bits per heavy atom. The molecule has 4 nitrogen and oxygen atoms in total. The number of hydrogen-bond acceptors (Lipinski definition) is 4. The van der Waals surface area contributed by atoms with Gasteiger partial charge < -0.3 is 10.1 Å². The summed E-state index contributed by atoms with van der Waals surface area (Å²) in [6, 6.07) is 8.34. The van der Waals surface area contributed by atoms with Crippen LogP contribution in [0.5, 0.6) is 0 Å². The second kappa shape index (κ2) is 7.63. The Morgan fingerprint density at radius 3 is 2.55 bits per heavy atom. The van der Waals surface area contributed by atoms with Gasteiger partial charge in [0.1, 0.15) is 4.88 Å². The molecule has 0 saturated carbocycles. The summed E-state index contributed by atoms with van der Waals surface area (Å²) in [6.07, 6.45) is 0. The molecule has 0 spiro atoms. The van der Waals surface area contributed by atoms with E-state index in [0.29, 0.717) is 33.0 Å². The van der Waals surface area contributed by atoms with Crippen molar-refractivity contribution < 1.29 is 14.3 Å². The van der Waals surface area contributed by atoms with E-state index < -0.39 is 5.97 Å². The van der Waals surface area contributed by atoms with Crippen LogP contribution in [0.1, 0.15) is 31.8 Å². The van der Waals surface area contributed by atoms with Crippen LogP contribution < -0.4 is 5.32 Å². The topological polar surface area (TPSA) is 55.4 Å². The molecule has 1 amide bonds. The Morgan fingerprint density at radius 2 is 1.86 bits per heavy atom. The number of carbonyl (C=O) groups excluding carboxylic acids is 2. The van der Waals surface area contributed by atoms with Gasteiger partial charge >= 0.3 is 5.97 Å². The van der Waals surface area contributed by atoms with Gasteiger partial charge in [-0.05, 0) is 36.8 Å². The van der Waals surface area contributed by atoms with Gasteiger partial charge in [-0.2, -0.15) is 0 Å². The number of halogens is 2. The van der Waals surface area contributed by atoms with Gasteiger partial charge in [0.05, 0.1) is 21.5 Å². The van der Waals surface area contributed by atoms with Crippen LogP contribution in [0.15, 0.2) is 30.3 Å². The lowest BCUT2D eigenvalue weighted by molar-refractivity contribution is 0.0532. The summed E-state index contributed by atoms with van der Waals surface area (Å²) >= 11 is 12.9. The average Bonchev–Trinajstić information content (AvgIpc) is 2.98. The molecule has 0 aliphatic rings. The number of ether oxygens (including phenoxy) is 1. The van der Waals surface area contributed by atoms with E-state index in [1.165, 1.54) is 0 Å². The first-order chi connectivity index (χ1) is 10.5. The zero-order valence-electron chi connectivity index (χ0n) is 11.7. The lowest BCUT2D eigenvalue weighted by atomic mass is 10.2. The van der Waals surface area contributed by atoms with Crippen LogP contribution in [0.4, 0.5) is 0 Å². The zero-order chi connectivity index (χ0) is 16.1. The van der Waals surface area contributed by atoms with Crippen molar-refractivity contribution >= 4 is 46.4 Å². The Bertz CT molecular complexity index is 700. The van der Waals surface area contributed by atoms with Crippen molar-refractivity contribution in [2.75, 3.05) is 6.61 Å². The minimum absolute atomic E-state index is 0.258. The number of benzene rings is 1. The third-order valence-electron chi connectivity index (χ3n) is 2.74. The molecule has 1 aromatic carbocycles. The molecule has 116 valence electrons. The van der Waals surface area contributed by atoms with Crippen molar-refractivity contribution in [2.24, 2.45) is 0 Å². The van der Waals surface area contributed by atoms with Crippen LogP contribution in [-0.4, -0.2) is 18.5 Å². The number of amides is 1. The van der Waals surface area contributed by atoms with Crippen molar-refractivity contribution in [3.63, 3.8) is 0 Å². The number of carbonyl (C=O) groups is 2. The maximum Gasteiger partial charge on any atom is 0.348 e. The summed E-state index contributed by atoms with van der Waals surface area (Å²) in [5.74, 6) is -0.678. The molecule has 7 heteroatoms. The largest absolute Gasteiger partial charge is 0.462 e. The molecule has 0 fully saturated rings. The molecule has 1 N–H and O–H groups in total. The van der Waals surface area contributed by atoms with Crippen molar-refractivity contribution in [3.8, 4) is 0 Å². The van der Waals surface area contributed by atoms with Gasteiger partial charge in [-0.15, -0.1) is 11.3 Å². The fourth-order valence-electron chi connectivity index (χ4n) is 1.69. The summed E-state index contributed by atoms with van der Waals surface area (Å²) in [6.45, 7) is 2.36. The smallest absolute Gasteiger partial charge is 0.348 e. The average molecular weight is 358 g/mol. The first kappa shape index (κ1) is 16.8. The molecule has 22 heavy (non-hydrogen) atoms. The molecule has 2 aromatic rings. The van der Waals surface area contributed by atoms with Crippen molar-refractivity contribution in [1.29, 1.82) is 0 Å².